The fourth-order valence-corrected chi connectivity index (χ4v) is 1.43. The number of methoxy groups -OCH3 is 2. The number of phenolic OH excluding ortho intramolecular Hbond substituents is 1. The molecule has 82 valence electrons. The van der Waals surface area contributed by atoms with Crippen molar-refractivity contribution in [1.82, 2.24) is 0 Å². The van der Waals surface area contributed by atoms with Gasteiger partial charge >= 0.3 is 5.97 Å². The van der Waals surface area contributed by atoms with Crippen molar-refractivity contribution in [2.75, 3.05) is 14.2 Å². The minimum Gasteiger partial charge on any atom is -0.508 e. The van der Waals surface area contributed by atoms with Gasteiger partial charge in [-0.05, 0) is 18.1 Å². The quantitative estimate of drug-likeness (QED) is 0.772. The Labute approximate surface area is 88.4 Å². The van der Waals surface area contributed by atoms with Crippen LogP contribution in [0.5, 0.6) is 11.5 Å². The van der Waals surface area contributed by atoms with Gasteiger partial charge in [-0.2, -0.15) is 0 Å². The number of ether oxygens (including phenoxy) is 2. The van der Waals surface area contributed by atoms with E-state index in [4.69, 9.17) is 4.74 Å². The second-order valence-electron chi connectivity index (χ2n) is 3.03. The average molecular weight is 210 g/mol. The summed E-state index contributed by atoms with van der Waals surface area (Å²) >= 11 is 0. The van der Waals surface area contributed by atoms with Gasteiger partial charge in [0.1, 0.15) is 17.1 Å². The van der Waals surface area contributed by atoms with Crippen molar-refractivity contribution in [3.8, 4) is 11.5 Å². The Balaban J connectivity index is 3.36. The summed E-state index contributed by atoms with van der Waals surface area (Å²) in [6, 6.07) is 2.93. The van der Waals surface area contributed by atoms with Crippen LogP contribution in [0.2, 0.25) is 0 Å². The van der Waals surface area contributed by atoms with Crippen LogP contribution in [0.15, 0.2) is 12.1 Å². The van der Waals surface area contributed by atoms with Gasteiger partial charge in [0.05, 0.1) is 14.2 Å². The lowest BCUT2D eigenvalue weighted by Crippen LogP contribution is -2.07. The summed E-state index contributed by atoms with van der Waals surface area (Å²) in [7, 11) is 2.76. The highest BCUT2D eigenvalue weighted by molar-refractivity contribution is 5.94. The Morgan fingerprint density at radius 3 is 2.53 bits per heavy atom. The van der Waals surface area contributed by atoms with Crippen LogP contribution in [-0.2, 0) is 11.2 Å². The minimum absolute atomic E-state index is 0.0800. The standard InChI is InChI=1S/C11H14O4/c1-4-7-5-8(12)6-9(14-2)10(7)11(13)15-3/h5-6,12H,4H2,1-3H3. The predicted molar refractivity (Wildman–Crippen MR) is 55.4 cm³/mol. The molecule has 4 heteroatoms. The molecule has 0 unspecified atom stereocenters. The molecule has 4 nitrogen and oxygen atoms in total. The van der Waals surface area contributed by atoms with E-state index in [-0.39, 0.29) is 5.75 Å². The van der Waals surface area contributed by atoms with Gasteiger partial charge in [0.15, 0.2) is 0 Å². The number of carbonyl (C=O) groups is 1. The van der Waals surface area contributed by atoms with Crippen LogP contribution >= 0.6 is 0 Å². The molecular weight excluding hydrogens is 196 g/mol. The summed E-state index contributed by atoms with van der Waals surface area (Å²) in [6.45, 7) is 1.89. The molecule has 0 fully saturated rings. The monoisotopic (exact) mass is 210 g/mol. The molecule has 1 N–H and O–H groups in total. The summed E-state index contributed by atoms with van der Waals surface area (Å²) in [5.74, 6) is -0.0428. The van der Waals surface area contributed by atoms with Crippen LogP contribution in [0.3, 0.4) is 0 Å². The minimum atomic E-state index is -0.455. The highest BCUT2D eigenvalue weighted by Crippen LogP contribution is 2.29. The van der Waals surface area contributed by atoms with Crippen LogP contribution in [-0.4, -0.2) is 25.3 Å². The number of aromatic hydroxyl groups is 1. The number of rotatable bonds is 3. The van der Waals surface area contributed by atoms with Gasteiger partial charge in [-0.15, -0.1) is 0 Å². The summed E-state index contributed by atoms with van der Waals surface area (Å²) in [5, 5.41) is 9.40. The first kappa shape index (κ1) is 11.4. The molecule has 0 aromatic heterocycles. The Morgan fingerprint density at radius 2 is 2.07 bits per heavy atom. The third-order valence-corrected chi connectivity index (χ3v) is 2.16. The van der Waals surface area contributed by atoms with Crippen molar-refractivity contribution in [1.29, 1.82) is 0 Å². The van der Waals surface area contributed by atoms with Crippen LogP contribution < -0.4 is 4.74 Å². The first-order valence-electron chi connectivity index (χ1n) is 4.62. The van der Waals surface area contributed by atoms with Crippen molar-refractivity contribution < 1.29 is 19.4 Å². The van der Waals surface area contributed by atoms with E-state index < -0.39 is 5.97 Å². The van der Waals surface area contributed by atoms with Crippen LogP contribution in [0.1, 0.15) is 22.8 Å². The number of hydrogen-bond acceptors (Lipinski definition) is 4. The maximum absolute atomic E-state index is 11.5. The molecule has 0 bridgehead atoms. The highest BCUT2D eigenvalue weighted by Gasteiger charge is 2.18. The third kappa shape index (κ3) is 2.21. The number of phenols is 1. The zero-order valence-electron chi connectivity index (χ0n) is 9.03. The van der Waals surface area contributed by atoms with Crippen LogP contribution in [0.25, 0.3) is 0 Å². The van der Waals surface area contributed by atoms with Gasteiger partial charge in [-0.3, -0.25) is 0 Å². The van der Waals surface area contributed by atoms with Crippen LogP contribution in [0, 0.1) is 0 Å². The number of aryl methyl sites for hydroxylation is 1. The highest BCUT2D eigenvalue weighted by atomic mass is 16.5. The molecule has 1 aromatic rings. The fourth-order valence-electron chi connectivity index (χ4n) is 1.43. The van der Waals surface area contributed by atoms with E-state index in [2.05, 4.69) is 4.74 Å². The second-order valence-corrected chi connectivity index (χ2v) is 3.03. The van der Waals surface area contributed by atoms with Crippen molar-refractivity contribution >= 4 is 5.97 Å². The number of benzene rings is 1. The van der Waals surface area contributed by atoms with Gasteiger partial charge in [0.25, 0.3) is 0 Å². The summed E-state index contributed by atoms with van der Waals surface area (Å²) in [4.78, 5) is 11.5. The van der Waals surface area contributed by atoms with E-state index in [1.807, 2.05) is 6.92 Å². The van der Waals surface area contributed by atoms with E-state index in [0.717, 1.165) is 0 Å². The van der Waals surface area contributed by atoms with E-state index >= 15 is 0 Å². The molecular formula is C11H14O4. The Morgan fingerprint density at radius 1 is 1.40 bits per heavy atom. The molecule has 0 aliphatic carbocycles. The molecule has 0 saturated carbocycles. The third-order valence-electron chi connectivity index (χ3n) is 2.16. The molecule has 0 atom stereocenters. The van der Waals surface area contributed by atoms with Crippen LogP contribution in [0.4, 0.5) is 0 Å². The maximum atomic E-state index is 11.5. The number of esters is 1. The molecule has 15 heavy (non-hydrogen) atoms. The van der Waals surface area contributed by atoms with Crippen molar-refractivity contribution in [3.05, 3.63) is 23.3 Å². The van der Waals surface area contributed by atoms with Crippen molar-refractivity contribution in [3.63, 3.8) is 0 Å². The molecule has 1 rings (SSSR count). The molecule has 0 aliphatic heterocycles. The van der Waals surface area contributed by atoms with Gasteiger partial charge < -0.3 is 14.6 Å². The van der Waals surface area contributed by atoms with Crippen molar-refractivity contribution in [2.45, 2.75) is 13.3 Å². The lowest BCUT2D eigenvalue weighted by Gasteiger charge is -2.11. The zero-order chi connectivity index (χ0) is 11.4. The first-order valence-corrected chi connectivity index (χ1v) is 4.62. The number of hydrogen-bond donors (Lipinski definition) is 1. The topological polar surface area (TPSA) is 55.8 Å². The molecule has 1 aromatic carbocycles. The largest absolute Gasteiger partial charge is 0.508 e. The first-order chi connectivity index (χ1) is 7.13. The van der Waals surface area contributed by atoms with Crippen molar-refractivity contribution in [2.24, 2.45) is 0 Å². The lowest BCUT2D eigenvalue weighted by molar-refractivity contribution is 0.0596. The zero-order valence-corrected chi connectivity index (χ0v) is 9.03. The van der Waals surface area contributed by atoms with Gasteiger partial charge in [0, 0.05) is 6.07 Å². The summed E-state index contributed by atoms with van der Waals surface area (Å²) in [6.07, 6.45) is 0.620. The normalized spacial score (nSPS) is 9.80. The van der Waals surface area contributed by atoms with Gasteiger partial charge in [-0.1, -0.05) is 6.92 Å². The molecule has 0 amide bonds. The summed E-state index contributed by atoms with van der Waals surface area (Å²) < 4.78 is 9.69. The maximum Gasteiger partial charge on any atom is 0.341 e. The Kier molecular flexibility index (Phi) is 3.55. The molecule has 0 spiro atoms. The lowest BCUT2D eigenvalue weighted by atomic mass is 10.0. The molecule has 0 aliphatic rings. The fraction of sp³-hybridized carbons (Fsp3) is 0.364. The van der Waals surface area contributed by atoms with Gasteiger partial charge in [0.2, 0.25) is 0 Å². The Bertz CT molecular complexity index is 346. The van der Waals surface area contributed by atoms with E-state index in [1.54, 1.807) is 0 Å². The smallest absolute Gasteiger partial charge is 0.341 e. The molecule has 0 saturated heterocycles. The molecule has 0 radical (unpaired) electrons. The summed E-state index contributed by atoms with van der Waals surface area (Å²) in [5.41, 5.74) is 1.08. The second kappa shape index (κ2) is 4.68. The SMILES string of the molecule is CCc1cc(O)cc(OC)c1C(=O)OC. The Hall–Kier alpha value is -1.71. The van der Waals surface area contributed by atoms with E-state index in [1.165, 1.54) is 26.4 Å². The predicted octanol–water partition coefficient (Wildman–Crippen LogP) is 1.75. The van der Waals surface area contributed by atoms with E-state index in [9.17, 15) is 9.90 Å². The molecule has 0 heterocycles. The van der Waals surface area contributed by atoms with Gasteiger partial charge in [-0.25, -0.2) is 4.79 Å². The number of carbonyl (C=O) groups excluding carboxylic acids is 1. The van der Waals surface area contributed by atoms with E-state index in [0.29, 0.717) is 23.3 Å². The average Bonchev–Trinajstić information content (AvgIpc) is 2.26.